The van der Waals surface area contributed by atoms with E-state index in [2.05, 4.69) is 14.5 Å². The number of aromatic nitrogens is 6. The van der Waals surface area contributed by atoms with Gasteiger partial charge >= 0.3 is 0 Å². The van der Waals surface area contributed by atoms with E-state index in [-0.39, 0.29) is 0 Å². The van der Waals surface area contributed by atoms with E-state index in [1.807, 2.05) is 29.1 Å². The zero-order valence-electron chi connectivity index (χ0n) is 16.9. The lowest BCUT2D eigenvalue weighted by Crippen LogP contribution is -2.05. The third kappa shape index (κ3) is 3.02. The number of nitrogens with two attached hydrogens (primary N) is 1. The maximum atomic E-state index is 11.5. The summed E-state index contributed by atoms with van der Waals surface area (Å²) in [6.45, 7) is 0.906. The van der Waals surface area contributed by atoms with E-state index in [4.69, 9.17) is 15.8 Å². The third-order valence-electron chi connectivity index (χ3n) is 6.00. The molecule has 1 fully saturated rings. The Morgan fingerprint density at radius 3 is 2.97 bits per heavy atom. The molecule has 3 aromatic heterocycles. The number of hydrogen-bond donors (Lipinski definition) is 1. The van der Waals surface area contributed by atoms with Crippen LogP contribution in [0.2, 0.25) is 0 Å². The molecule has 8 heteroatoms. The first-order valence-corrected chi connectivity index (χ1v) is 10.5. The van der Waals surface area contributed by atoms with Gasteiger partial charge in [0.2, 0.25) is 5.91 Å². The topological polar surface area (TPSA) is 105 Å². The van der Waals surface area contributed by atoms with Gasteiger partial charge < -0.3 is 10.3 Å². The summed E-state index contributed by atoms with van der Waals surface area (Å²) in [5.41, 5.74) is 10.8. The van der Waals surface area contributed by atoms with Gasteiger partial charge in [0.25, 0.3) is 0 Å². The highest BCUT2D eigenvalue weighted by atomic mass is 16.1. The molecule has 1 amide bonds. The number of fused-ring (bicyclic) bond motifs is 2. The van der Waals surface area contributed by atoms with Crippen molar-refractivity contribution in [2.45, 2.75) is 38.3 Å². The van der Waals surface area contributed by atoms with Gasteiger partial charge in [-0.25, -0.2) is 15.0 Å². The van der Waals surface area contributed by atoms with Crippen molar-refractivity contribution in [1.82, 2.24) is 29.3 Å². The van der Waals surface area contributed by atoms with Crippen molar-refractivity contribution in [3.05, 3.63) is 54.4 Å². The largest absolute Gasteiger partial charge is 0.366 e. The summed E-state index contributed by atoms with van der Waals surface area (Å²) < 4.78 is 4.32. The predicted molar refractivity (Wildman–Crippen MR) is 117 cm³/mol. The number of carbonyl (C=O) groups is 1. The second kappa shape index (κ2) is 6.87. The molecule has 4 heterocycles. The van der Waals surface area contributed by atoms with Gasteiger partial charge in [-0.15, -0.1) is 0 Å². The lowest BCUT2D eigenvalue weighted by Gasteiger charge is -2.13. The van der Waals surface area contributed by atoms with Gasteiger partial charge in [0.05, 0.1) is 17.3 Å². The van der Waals surface area contributed by atoms with Crippen LogP contribution in [0.25, 0.3) is 39.6 Å². The Hall–Kier alpha value is -3.81. The summed E-state index contributed by atoms with van der Waals surface area (Å²) in [7, 11) is 0. The molecule has 1 aromatic carbocycles. The Morgan fingerprint density at radius 2 is 2.13 bits per heavy atom. The molecule has 1 saturated carbocycles. The number of carbonyl (C=O) groups excluding carboxylic acids is 1. The monoisotopic (exact) mass is 411 g/mol. The van der Waals surface area contributed by atoms with Crippen molar-refractivity contribution >= 4 is 22.9 Å². The summed E-state index contributed by atoms with van der Waals surface area (Å²) in [5.74, 6) is 0.571. The van der Waals surface area contributed by atoms with Gasteiger partial charge in [0, 0.05) is 42.4 Å². The molecule has 2 N–H and O–H groups in total. The number of imidazole rings is 1. The molecule has 0 bridgehead atoms. The minimum atomic E-state index is -0.498. The minimum absolute atomic E-state index is 0.498. The van der Waals surface area contributed by atoms with Crippen LogP contribution in [0.3, 0.4) is 0 Å². The van der Waals surface area contributed by atoms with Crippen molar-refractivity contribution in [2.75, 3.05) is 0 Å². The van der Waals surface area contributed by atoms with Crippen LogP contribution in [0.5, 0.6) is 0 Å². The Labute approximate surface area is 178 Å². The van der Waals surface area contributed by atoms with Crippen LogP contribution in [0.1, 0.15) is 36.7 Å². The highest BCUT2D eigenvalue weighted by Crippen LogP contribution is 2.40. The average Bonchev–Trinajstić information content (AvgIpc) is 3.18. The van der Waals surface area contributed by atoms with Gasteiger partial charge in [-0.05, 0) is 43.0 Å². The van der Waals surface area contributed by atoms with Crippen LogP contribution in [0.4, 0.5) is 0 Å². The zero-order valence-corrected chi connectivity index (χ0v) is 16.9. The highest BCUT2D eigenvalue weighted by Gasteiger charge is 2.28. The molecule has 0 saturated heterocycles. The highest BCUT2D eigenvalue weighted by molar-refractivity contribution is 6.00. The molecule has 1 aliphatic heterocycles. The molecule has 1 aliphatic carbocycles. The lowest BCUT2D eigenvalue weighted by molar-refractivity contribution is -0.113. The Balaban J connectivity index is 1.60. The third-order valence-corrected chi connectivity index (χ3v) is 6.00. The number of primary amides is 1. The summed E-state index contributed by atoms with van der Waals surface area (Å²) in [6, 6.07) is 6.58. The van der Waals surface area contributed by atoms with Gasteiger partial charge in [0.15, 0.2) is 0 Å². The number of aryl methyl sites for hydroxylation is 1. The number of hydrogen-bond acceptors (Lipinski definition) is 5. The van der Waals surface area contributed by atoms with E-state index in [1.54, 1.807) is 12.3 Å². The number of amides is 1. The maximum absolute atomic E-state index is 11.5. The van der Waals surface area contributed by atoms with Gasteiger partial charge in [-0.1, -0.05) is 6.07 Å². The van der Waals surface area contributed by atoms with Crippen molar-refractivity contribution in [1.29, 1.82) is 0 Å². The van der Waals surface area contributed by atoms with Crippen LogP contribution >= 0.6 is 0 Å². The van der Waals surface area contributed by atoms with Crippen molar-refractivity contribution in [2.24, 2.45) is 5.73 Å². The molecule has 31 heavy (non-hydrogen) atoms. The normalized spacial score (nSPS) is 15.7. The molecule has 4 aromatic rings. The SMILES string of the molecule is NC(=O)/C=C/c1c(-c2c(-c3ccn(C4CC4)n3)nc3n2CCC3)ccc2ncncc12. The van der Waals surface area contributed by atoms with Crippen molar-refractivity contribution < 1.29 is 4.79 Å². The number of nitrogens with zero attached hydrogens (tertiary/aromatic N) is 6. The zero-order chi connectivity index (χ0) is 20.9. The van der Waals surface area contributed by atoms with Crippen molar-refractivity contribution in [3.63, 3.8) is 0 Å². The molecule has 0 radical (unpaired) electrons. The fourth-order valence-electron chi connectivity index (χ4n) is 4.41. The van der Waals surface area contributed by atoms with E-state index in [9.17, 15) is 4.79 Å². The Bertz CT molecular complexity index is 1360. The minimum Gasteiger partial charge on any atom is -0.366 e. The molecule has 8 nitrogen and oxygen atoms in total. The smallest absolute Gasteiger partial charge is 0.241 e. The molecular weight excluding hydrogens is 390 g/mol. The average molecular weight is 411 g/mol. The quantitative estimate of drug-likeness (QED) is 0.508. The van der Waals surface area contributed by atoms with Crippen LogP contribution in [0, 0.1) is 0 Å². The molecule has 0 atom stereocenters. The summed E-state index contributed by atoms with van der Waals surface area (Å²) in [4.78, 5) is 25.1. The first-order valence-electron chi connectivity index (χ1n) is 10.5. The maximum Gasteiger partial charge on any atom is 0.241 e. The van der Waals surface area contributed by atoms with Gasteiger partial charge in [-0.3, -0.25) is 9.48 Å². The molecule has 6 rings (SSSR count). The first kappa shape index (κ1) is 18.0. The van der Waals surface area contributed by atoms with E-state index in [0.29, 0.717) is 6.04 Å². The molecule has 0 spiro atoms. The van der Waals surface area contributed by atoms with E-state index in [0.717, 1.165) is 64.3 Å². The predicted octanol–water partition coefficient (Wildman–Crippen LogP) is 3.14. The molecular formula is C23H21N7O. The summed E-state index contributed by atoms with van der Waals surface area (Å²) >= 11 is 0. The second-order valence-corrected chi connectivity index (χ2v) is 8.11. The Kier molecular flexibility index (Phi) is 3.99. The number of benzene rings is 1. The summed E-state index contributed by atoms with van der Waals surface area (Å²) in [6.07, 6.45) is 12.9. The van der Waals surface area contributed by atoms with Gasteiger partial charge in [-0.2, -0.15) is 5.10 Å². The number of rotatable bonds is 5. The van der Waals surface area contributed by atoms with E-state index in [1.165, 1.54) is 25.2 Å². The second-order valence-electron chi connectivity index (χ2n) is 8.11. The van der Waals surface area contributed by atoms with Gasteiger partial charge in [0.1, 0.15) is 23.5 Å². The fraction of sp³-hybridized carbons (Fsp3) is 0.261. The van der Waals surface area contributed by atoms with E-state index < -0.39 is 5.91 Å². The molecule has 0 unspecified atom stereocenters. The van der Waals surface area contributed by atoms with Crippen LogP contribution in [0.15, 0.2) is 43.0 Å². The van der Waals surface area contributed by atoms with Crippen LogP contribution in [-0.2, 0) is 17.8 Å². The standard InChI is InChI=1S/C23H21N7O/c24-20(31)8-6-15-16(5-7-18-17(15)12-25-13-26-18)23-22(27-21-2-1-10-29(21)23)19-9-11-30(28-19)14-3-4-14/h5-9,11-14H,1-4,10H2,(H2,24,31)/b8-6+. The van der Waals surface area contributed by atoms with Crippen LogP contribution < -0.4 is 5.73 Å². The van der Waals surface area contributed by atoms with Crippen LogP contribution in [-0.4, -0.2) is 35.2 Å². The van der Waals surface area contributed by atoms with E-state index >= 15 is 0 Å². The summed E-state index contributed by atoms with van der Waals surface area (Å²) in [5, 5.41) is 5.69. The lowest BCUT2D eigenvalue weighted by atomic mass is 9.97. The molecule has 154 valence electrons. The Morgan fingerprint density at radius 1 is 1.23 bits per heavy atom. The fourth-order valence-corrected chi connectivity index (χ4v) is 4.41. The molecule has 2 aliphatic rings. The first-order chi connectivity index (χ1) is 15.2. The van der Waals surface area contributed by atoms with Crippen molar-refractivity contribution in [3.8, 4) is 22.6 Å².